The van der Waals surface area contributed by atoms with Crippen molar-refractivity contribution in [2.24, 2.45) is 0 Å². The summed E-state index contributed by atoms with van der Waals surface area (Å²) in [4.78, 5) is 42.1. The highest BCUT2D eigenvalue weighted by molar-refractivity contribution is 5.76. The van der Waals surface area contributed by atoms with Gasteiger partial charge in [-0.3, -0.25) is 19.9 Å². The van der Waals surface area contributed by atoms with E-state index in [0.29, 0.717) is 12.8 Å². The van der Waals surface area contributed by atoms with Crippen LogP contribution in [0.25, 0.3) is 44.5 Å². The third-order valence-electron chi connectivity index (χ3n) is 9.65. The van der Waals surface area contributed by atoms with Crippen LogP contribution in [-0.4, -0.2) is 70.0 Å². The Kier molecular flexibility index (Phi) is 14.9. The predicted octanol–water partition coefficient (Wildman–Crippen LogP) is 8.72. The lowest BCUT2D eigenvalue weighted by Crippen LogP contribution is -2.40. The standard InChI is InChI=1S/C47H48N4O7/c1-4-44(30-54-31-45(52)56-28-34-22-40(36-6-14-48-15-7-36)26-41(23-34)37-8-16-49-17-9-37)58-47(3,5-2)33-55-32-46(53)57-29-35-24-42(38-10-18-50-19-11-38)27-43(25-35)39-12-20-51-21-13-39/h6-27,44H,4-5,28-33H2,1-3H3. The Labute approximate surface area is 339 Å². The Morgan fingerprint density at radius 1 is 0.534 bits per heavy atom. The molecule has 0 fully saturated rings. The van der Waals surface area contributed by atoms with Gasteiger partial charge in [-0.2, -0.15) is 0 Å². The molecule has 0 bridgehead atoms. The lowest BCUT2D eigenvalue weighted by molar-refractivity contribution is -0.165. The molecule has 0 amide bonds. The molecule has 0 saturated carbocycles. The molecule has 4 heterocycles. The monoisotopic (exact) mass is 780 g/mol. The van der Waals surface area contributed by atoms with E-state index in [1.54, 1.807) is 49.6 Å². The van der Waals surface area contributed by atoms with Gasteiger partial charge in [-0.25, -0.2) is 9.59 Å². The van der Waals surface area contributed by atoms with Crippen LogP contribution in [0.5, 0.6) is 0 Å². The minimum Gasteiger partial charge on any atom is -0.459 e. The summed E-state index contributed by atoms with van der Waals surface area (Å²) in [5.41, 5.74) is 8.96. The minimum atomic E-state index is -0.699. The Bertz CT molecular complexity index is 2090. The van der Waals surface area contributed by atoms with Gasteiger partial charge in [0, 0.05) is 49.6 Å². The number of hydrogen-bond donors (Lipinski definition) is 0. The van der Waals surface area contributed by atoms with Gasteiger partial charge in [0.2, 0.25) is 0 Å². The number of esters is 2. The summed E-state index contributed by atoms with van der Waals surface area (Å²) in [5, 5.41) is 0. The molecular weight excluding hydrogens is 733 g/mol. The van der Waals surface area contributed by atoms with Crippen LogP contribution in [0.15, 0.2) is 135 Å². The molecule has 0 saturated heterocycles. The highest BCUT2D eigenvalue weighted by atomic mass is 16.6. The summed E-state index contributed by atoms with van der Waals surface area (Å²) in [5.74, 6) is -0.961. The van der Waals surface area contributed by atoms with E-state index in [2.05, 4.69) is 32.1 Å². The van der Waals surface area contributed by atoms with E-state index in [9.17, 15) is 9.59 Å². The highest BCUT2D eigenvalue weighted by Crippen LogP contribution is 2.30. The summed E-state index contributed by atoms with van der Waals surface area (Å²) >= 11 is 0. The van der Waals surface area contributed by atoms with Crippen LogP contribution >= 0.6 is 0 Å². The molecule has 0 aliphatic carbocycles. The maximum Gasteiger partial charge on any atom is 0.332 e. The fraction of sp³-hybridized carbons (Fsp3) is 0.277. The van der Waals surface area contributed by atoms with Crippen LogP contribution in [0.1, 0.15) is 44.7 Å². The van der Waals surface area contributed by atoms with E-state index in [-0.39, 0.29) is 45.7 Å². The van der Waals surface area contributed by atoms with E-state index < -0.39 is 17.5 Å². The number of benzene rings is 2. The first kappa shape index (κ1) is 41.5. The summed E-state index contributed by atoms with van der Waals surface area (Å²) in [7, 11) is 0. The van der Waals surface area contributed by atoms with Gasteiger partial charge in [-0.15, -0.1) is 0 Å². The Morgan fingerprint density at radius 2 is 0.897 bits per heavy atom. The third-order valence-corrected chi connectivity index (χ3v) is 9.65. The average Bonchev–Trinajstić information content (AvgIpc) is 3.28. The van der Waals surface area contributed by atoms with Crippen molar-refractivity contribution in [2.45, 2.75) is 58.5 Å². The topological polar surface area (TPSA) is 132 Å². The molecule has 0 spiro atoms. The lowest BCUT2D eigenvalue weighted by Gasteiger charge is -2.32. The second-order valence-corrected chi connectivity index (χ2v) is 14.1. The van der Waals surface area contributed by atoms with Crippen molar-refractivity contribution in [2.75, 3.05) is 26.4 Å². The maximum absolute atomic E-state index is 12.8. The van der Waals surface area contributed by atoms with Crippen LogP contribution < -0.4 is 0 Å². The number of carbonyl (C=O) groups excluding carboxylic acids is 2. The highest BCUT2D eigenvalue weighted by Gasteiger charge is 2.28. The molecule has 0 aliphatic heterocycles. The second-order valence-electron chi connectivity index (χ2n) is 14.1. The second kappa shape index (κ2) is 20.9. The largest absolute Gasteiger partial charge is 0.459 e. The number of nitrogens with zero attached hydrogens (tertiary/aromatic N) is 4. The zero-order chi connectivity index (χ0) is 40.6. The molecule has 11 nitrogen and oxygen atoms in total. The number of rotatable bonds is 20. The Hall–Kier alpha value is -6.14. The van der Waals surface area contributed by atoms with Gasteiger partial charge < -0.3 is 23.7 Å². The van der Waals surface area contributed by atoms with Crippen molar-refractivity contribution in [3.05, 3.63) is 146 Å². The first-order valence-electron chi connectivity index (χ1n) is 19.3. The molecule has 298 valence electrons. The van der Waals surface area contributed by atoms with Crippen molar-refractivity contribution >= 4 is 11.9 Å². The molecule has 2 aromatic carbocycles. The fourth-order valence-electron chi connectivity index (χ4n) is 6.29. The van der Waals surface area contributed by atoms with E-state index in [4.69, 9.17) is 23.7 Å². The third kappa shape index (κ3) is 12.2. The average molecular weight is 781 g/mol. The molecule has 2 atom stereocenters. The van der Waals surface area contributed by atoms with Crippen LogP contribution in [0, 0.1) is 0 Å². The van der Waals surface area contributed by atoms with Gasteiger partial charge in [-0.05, 0) is 160 Å². The van der Waals surface area contributed by atoms with Crippen molar-refractivity contribution in [1.29, 1.82) is 0 Å². The zero-order valence-corrected chi connectivity index (χ0v) is 33.1. The number of carbonyl (C=O) groups is 2. The van der Waals surface area contributed by atoms with E-state index in [0.717, 1.165) is 55.6 Å². The van der Waals surface area contributed by atoms with Crippen molar-refractivity contribution in [1.82, 2.24) is 19.9 Å². The summed E-state index contributed by atoms with van der Waals surface area (Å²) in [6.45, 7) is 5.99. The molecule has 0 N–H and O–H groups in total. The summed E-state index contributed by atoms with van der Waals surface area (Å²) in [6.07, 6.45) is 15.0. The molecule has 6 aromatic rings. The quantitative estimate of drug-likeness (QED) is 0.0690. The van der Waals surface area contributed by atoms with E-state index in [1.165, 1.54) is 0 Å². The van der Waals surface area contributed by atoms with Crippen LogP contribution in [-0.2, 0) is 46.5 Å². The van der Waals surface area contributed by atoms with Crippen LogP contribution in [0.2, 0.25) is 0 Å². The number of pyridine rings is 4. The van der Waals surface area contributed by atoms with Crippen molar-refractivity contribution < 1.29 is 33.3 Å². The first-order valence-corrected chi connectivity index (χ1v) is 19.3. The molecule has 11 heteroatoms. The van der Waals surface area contributed by atoms with E-state index in [1.807, 2.05) is 93.6 Å². The first-order chi connectivity index (χ1) is 28.3. The lowest BCUT2D eigenvalue weighted by atomic mass is 9.97. The van der Waals surface area contributed by atoms with Gasteiger partial charge in [-0.1, -0.05) is 13.8 Å². The molecule has 2 unspecified atom stereocenters. The van der Waals surface area contributed by atoms with Gasteiger partial charge in [0.15, 0.2) is 0 Å². The molecule has 4 aromatic heterocycles. The zero-order valence-electron chi connectivity index (χ0n) is 33.1. The normalized spacial score (nSPS) is 12.7. The number of hydrogen-bond acceptors (Lipinski definition) is 11. The SMILES string of the molecule is CCC(COCC(=O)OCc1cc(-c2ccncc2)cc(-c2ccncc2)c1)OC(C)(CC)COCC(=O)OCc1cc(-c2ccncc2)cc(-c2ccncc2)c1. The molecular formula is C47H48N4O7. The predicted molar refractivity (Wildman–Crippen MR) is 221 cm³/mol. The van der Waals surface area contributed by atoms with Crippen molar-refractivity contribution in [3.63, 3.8) is 0 Å². The maximum atomic E-state index is 12.8. The van der Waals surface area contributed by atoms with Gasteiger partial charge in [0.1, 0.15) is 26.4 Å². The molecule has 6 rings (SSSR count). The summed E-state index contributed by atoms with van der Waals surface area (Å²) in [6, 6.07) is 27.8. The fourth-order valence-corrected chi connectivity index (χ4v) is 6.29. The van der Waals surface area contributed by atoms with E-state index >= 15 is 0 Å². The Balaban J connectivity index is 0.958. The molecule has 0 radical (unpaired) electrons. The van der Waals surface area contributed by atoms with Crippen LogP contribution in [0.3, 0.4) is 0 Å². The number of aromatic nitrogens is 4. The van der Waals surface area contributed by atoms with Gasteiger partial charge in [0.05, 0.1) is 24.9 Å². The molecule has 58 heavy (non-hydrogen) atoms. The van der Waals surface area contributed by atoms with Gasteiger partial charge in [0.25, 0.3) is 0 Å². The minimum absolute atomic E-state index is 0.0864. The van der Waals surface area contributed by atoms with Crippen LogP contribution in [0.4, 0.5) is 0 Å². The van der Waals surface area contributed by atoms with Gasteiger partial charge >= 0.3 is 11.9 Å². The summed E-state index contributed by atoms with van der Waals surface area (Å²) < 4.78 is 29.3. The smallest absolute Gasteiger partial charge is 0.332 e. The van der Waals surface area contributed by atoms with Crippen molar-refractivity contribution in [3.8, 4) is 44.5 Å². The number of ether oxygens (including phenoxy) is 5. The molecule has 0 aliphatic rings. The Morgan fingerprint density at radius 3 is 1.24 bits per heavy atom.